The van der Waals surface area contributed by atoms with Crippen LogP contribution in [0.15, 0.2) is 0 Å². The number of aliphatic hydroxyl groups excluding tert-OH is 1. The summed E-state index contributed by atoms with van der Waals surface area (Å²) in [7, 11) is 0. The number of aliphatic hydroxyl groups is 1. The molecule has 1 aliphatic heterocycles. The summed E-state index contributed by atoms with van der Waals surface area (Å²) in [6.45, 7) is 8.03. The van der Waals surface area contributed by atoms with E-state index in [2.05, 4.69) is 6.92 Å². The van der Waals surface area contributed by atoms with Gasteiger partial charge < -0.3 is 10.0 Å². The second kappa shape index (κ2) is 6.86. The Balaban J connectivity index is 2.33. The minimum Gasteiger partial charge on any atom is -0.395 e. The zero-order valence-electron chi connectivity index (χ0n) is 10.5. The van der Waals surface area contributed by atoms with E-state index in [1.165, 1.54) is 0 Å². The number of likely N-dealkylation sites (tertiary alicyclic amines) is 1. The van der Waals surface area contributed by atoms with E-state index in [4.69, 9.17) is 5.11 Å². The fraction of sp³-hybridized carbons (Fsp3) is 0.917. The van der Waals surface area contributed by atoms with Crippen LogP contribution < -0.4 is 0 Å². The fourth-order valence-electron chi connectivity index (χ4n) is 2.04. The maximum atomic E-state index is 12.0. The van der Waals surface area contributed by atoms with Crippen LogP contribution in [0.2, 0.25) is 0 Å². The number of carbonyl (C=O) groups excluding carboxylic acids is 1. The van der Waals surface area contributed by atoms with Crippen LogP contribution in [0.4, 0.5) is 0 Å². The number of carbonyl (C=O) groups is 1. The number of rotatable bonds is 5. The summed E-state index contributed by atoms with van der Waals surface area (Å²) in [5.41, 5.74) is 0. The van der Waals surface area contributed by atoms with E-state index in [1.54, 1.807) is 0 Å². The number of piperidine rings is 1. The Labute approximate surface area is 98.2 Å². The summed E-state index contributed by atoms with van der Waals surface area (Å²) in [5, 5.41) is 8.86. The summed E-state index contributed by atoms with van der Waals surface area (Å²) in [6.07, 6.45) is 2.25. The average Bonchev–Trinajstić information content (AvgIpc) is 2.29. The summed E-state index contributed by atoms with van der Waals surface area (Å²) in [6, 6.07) is 0. The molecule has 0 unspecified atom stereocenters. The molecule has 1 amide bonds. The van der Waals surface area contributed by atoms with Crippen LogP contribution >= 0.6 is 0 Å². The van der Waals surface area contributed by atoms with Crippen molar-refractivity contribution in [3.8, 4) is 0 Å². The SMILES string of the molecule is CCN(CCO)CC(=O)N1CCC(C)CC1. The molecule has 0 atom stereocenters. The standard InChI is InChI=1S/C12H24N2O2/c1-3-13(8-9-15)10-12(16)14-6-4-11(2)5-7-14/h11,15H,3-10H2,1-2H3. The largest absolute Gasteiger partial charge is 0.395 e. The van der Waals surface area contributed by atoms with Gasteiger partial charge >= 0.3 is 0 Å². The van der Waals surface area contributed by atoms with Crippen molar-refractivity contribution in [3.63, 3.8) is 0 Å². The number of nitrogens with zero attached hydrogens (tertiary/aromatic N) is 2. The van der Waals surface area contributed by atoms with Gasteiger partial charge in [0.15, 0.2) is 0 Å². The molecule has 1 saturated heterocycles. The lowest BCUT2D eigenvalue weighted by Gasteiger charge is -2.32. The third kappa shape index (κ3) is 4.10. The van der Waals surface area contributed by atoms with Gasteiger partial charge in [-0.3, -0.25) is 9.69 Å². The van der Waals surface area contributed by atoms with Crippen molar-refractivity contribution >= 4 is 5.91 Å². The van der Waals surface area contributed by atoms with E-state index in [0.717, 1.165) is 38.4 Å². The number of likely N-dealkylation sites (N-methyl/N-ethyl adjacent to an activating group) is 1. The number of amides is 1. The third-order valence-electron chi connectivity index (χ3n) is 3.36. The second-order valence-corrected chi connectivity index (χ2v) is 4.66. The Morgan fingerprint density at radius 1 is 1.44 bits per heavy atom. The molecule has 0 aromatic heterocycles. The Kier molecular flexibility index (Phi) is 5.77. The quantitative estimate of drug-likeness (QED) is 0.748. The highest BCUT2D eigenvalue weighted by Gasteiger charge is 2.21. The molecular formula is C12H24N2O2. The van der Waals surface area contributed by atoms with E-state index in [-0.39, 0.29) is 12.5 Å². The molecule has 94 valence electrons. The molecule has 0 spiro atoms. The van der Waals surface area contributed by atoms with Crippen LogP contribution in [0.5, 0.6) is 0 Å². The van der Waals surface area contributed by atoms with Crippen LogP contribution in [-0.4, -0.2) is 60.1 Å². The van der Waals surface area contributed by atoms with E-state index in [1.807, 2.05) is 16.7 Å². The summed E-state index contributed by atoms with van der Waals surface area (Å²) in [5.74, 6) is 0.964. The van der Waals surface area contributed by atoms with Crippen molar-refractivity contribution in [2.75, 3.05) is 39.3 Å². The van der Waals surface area contributed by atoms with Gasteiger partial charge in [0.05, 0.1) is 13.2 Å². The van der Waals surface area contributed by atoms with E-state index < -0.39 is 0 Å². The fourth-order valence-corrected chi connectivity index (χ4v) is 2.04. The summed E-state index contributed by atoms with van der Waals surface area (Å²) >= 11 is 0. The molecule has 0 saturated carbocycles. The van der Waals surface area contributed by atoms with Crippen molar-refractivity contribution in [1.82, 2.24) is 9.80 Å². The molecule has 1 fully saturated rings. The van der Waals surface area contributed by atoms with Crippen LogP contribution in [0, 0.1) is 5.92 Å². The van der Waals surface area contributed by atoms with E-state index >= 15 is 0 Å². The van der Waals surface area contributed by atoms with Gasteiger partial charge in [0.25, 0.3) is 0 Å². The highest BCUT2D eigenvalue weighted by molar-refractivity contribution is 5.78. The highest BCUT2D eigenvalue weighted by atomic mass is 16.3. The van der Waals surface area contributed by atoms with Crippen molar-refractivity contribution in [2.24, 2.45) is 5.92 Å². The lowest BCUT2D eigenvalue weighted by molar-refractivity contribution is -0.133. The second-order valence-electron chi connectivity index (χ2n) is 4.66. The van der Waals surface area contributed by atoms with Crippen LogP contribution in [0.1, 0.15) is 26.7 Å². The minimum atomic E-state index is 0.123. The first-order chi connectivity index (χ1) is 7.67. The molecule has 4 heteroatoms. The van der Waals surface area contributed by atoms with Crippen LogP contribution in [0.25, 0.3) is 0 Å². The summed E-state index contributed by atoms with van der Waals surface area (Å²) < 4.78 is 0. The smallest absolute Gasteiger partial charge is 0.236 e. The van der Waals surface area contributed by atoms with Crippen LogP contribution in [0.3, 0.4) is 0 Å². The van der Waals surface area contributed by atoms with Gasteiger partial charge in [-0.05, 0) is 25.3 Å². The Bertz CT molecular complexity index is 213. The molecule has 1 rings (SSSR count). The van der Waals surface area contributed by atoms with Gasteiger partial charge in [-0.15, -0.1) is 0 Å². The van der Waals surface area contributed by atoms with Gasteiger partial charge in [0.2, 0.25) is 5.91 Å². The topological polar surface area (TPSA) is 43.8 Å². The van der Waals surface area contributed by atoms with Crippen LogP contribution in [-0.2, 0) is 4.79 Å². The minimum absolute atomic E-state index is 0.123. The molecule has 4 nitrogen and oxygen atoms in total. The predicted molar refractivity (Wildman–Crippen MR) is 64.2 cm³/mol. The lowest BCUT2D eigenvalue weighted by Crippen LogP contribution is -2.44. The van der Waals surface area contributed by atoms with Crippen molar-refractivity contribution in [3.05, 3.63) is 0 Å². The number of hydrogen-bond acceptors (Lipinski definition) is 3. The average molecular weight is 228 g/mol. The molecule has 0 bridgehead atoms. The zero-order chi connectivity index (χ0) is 12.0. The molecule has 0 aliphatic carbocycles. The van der Waals surface area contributed by atoms with Gasteiger partial charge in [-0.2, -0.15) is 0 Å². The molecule has 1 heterocycles. The van der Waals surface area contributed by atoms with E-state index in [9.17, 15) is 4.79 Å². The number of hydrogen-bond donors (Lipinski definition) is 1. The Hall–Kier alpha value is -0.610. The Morgan fingerprint density at radius 2 is 2.06 bits per heavy atom. The van der Waals surface area contributed by atoms with Gasteiger partial charge in [0.1, 0.15) is 0 Å². The molecule has 1 N–H and O–H groups in total. The van der Waals surface area contributed by atoms with Crippen molar-refractivity contribution in [1.29, 1.82) is 0 Å². The first-order valence-electron chi connectivity index (χ1n) is 6.28. The van der Waals surface area contributed by atoms with Crippen molar-refractivity contribution in [2.45, 2.75) is 26.7 Å². The first kappa shape index (κ1) is 13.5. The first-order valence-corrected chi connectivity index (χ1v) is 6.28. The predicted octanol–water partition coefficient (Wildman–Crippen LogP) is 0.559. The van der Waals surface area contributed by atoms with Crippen molar-refractivity contribution < 1.29 is 9.90 Å². The summed E-state index contributed by atoms with van der Waals surface area (Å²) in [4.78, 5) is 15.9. The third-order valence-corrected chi connectivity index (χ3v) is 3.36. The van der Waals surface area contributed by atoms with Gasteiger partial charge in [0, 0.05) is 19.6 Å². The zero-order valence-corrected chi connectivity index (χ0v) is 10.5. The van der Waals surface area contributed by atoms with E-state index in [0.29, 0.717) is 13.1 Å². The molecule has 0 radical (unpaired) electrons. The Morgan fingerprint density at radius 3 is 2.56 bits per heavy atom. The molecular weight excluding hydrogens is 204 g/mol. The van der Waals surface area contributed by atoms with Gasteiger partial charge in [-0.1, -0.05) is 13.8 Å². The van der Waals surface area contributed by atoms with Gasteiger partial charge in [-0.25, -0.2) is 0 Å². The molecule has 0 aromatic carbocycles. The molecule has 1 aliphatic rings. The lowest BCUT2D eigenvalue weighted by atomic mass is 9.99. The molecule has 16 heavy (non-hydrogen) atoms. The monoisotopic (exact) mass is 228 g/mol. The maximum absolute atomic E-state index is 12.0. The molecule has 0 aromatic rings. The maximum Gasteiger partial charge on any atom is 0.236 e. The highest BCUT2D eigenvalue weighted by Crippen LogP contribution is 2.15. The normalized spacial score (nSPS) is 18.1.